The highest BCUT2D eigenvalue weighted by Gasteiger charge is 2.31. The number of rotatable bonds is 6. The molecule has 1 aromatic heterocycles. The van der Waals surface area contributed by atoms with Gasteiger partial charge in [-0.05, 0) is 30.0 Å². The van der Waals surface area contributed by atoms with Gasteiger partial charge in [0.15, 0.2) is 11.5 Å². The third-order valence-corrected chi connectivity index (χ3v) is 5.48. The maximum absolute atomic E-state index is 12.7. The van der Waals surface area contributed by atoms with E-state index in [1.165, 1.54) is 4.88 Å². The highest BCUT2D eigenvalue weighted by molar-refractivity contribution is 7.09. The summed E-state index contributed by atoms with van der Waals surface area (Å²) < 4.78 is 11.1. The van der Waals surface area contributed by atoms with Crippen molar-refractivity contribution in [3.63, 3.8) is 0 Å². The number of ether oxygens (including phenoxy) is 2. The fourth-order valence-corrected chi connectivity index (χ4v) is 3.89. The number of nitrogens with one attached hydrogen (secondary N) is 1. The van der Waals surface area contributed by atoms with Crippen molar-refractivity contribution in [2.75, 3.05) is 44.3 Å². The van der Waals surface area contributed by atoms with E-state index in [1.807, 2.05) is 35.7 Å². The van der Waals surface area contributed by atoms with Gasteiger partial charge in [0.1, 0.15) is 19.8 Å². The minimum atomic E-state index is -0.167. The van der Waals surface area contributed by atoms with Crippen LogP contribution in [0.4, 0.5) is 10.5 Å². The molecule has 0 spiro atoms. The molecular formula is C19H21N3O4S. The molecule has 1 fully saturated rings. The van der Waals surface area contributed by atoms with Gasteiger partial charge in [-0.2, -0.15) is 0 Å². The van der Waals surface area contributed by atoms with Gasteiger partial charge in [-0.25, -0.2) is 4.79 Å². The number of hydrogen-bond acceptors (Lipinski definition) is 5. The number of hydrogen-bond donors (Lipinski definition) is 1. The number of benzene rings is 1. The van der Waals surface area contributed by atoms with Crippen LogP contribution in [0.5, 0.6) is 11.5 Å². The van der Waals surface area contributed by atoms with Crippen molar-refractivity contribution >= 4 is 29.0 Å². The molecule has 0 atom stereocenters. The molecule has 1 aromatic carbocycles. The molecule has 4 rings (SSSR count). The summed E-state index contributed by atoms with van der Waals surface area (Å²) in [7, 11) is 0. The zero-order valence-corrected chi connectivity index (χ0v) is 15.7. The van der Waals surface area contributed by atoms with E-state index in [-0.39, 0.29) is 18.5 Å². The molecular weight excluding hydrogens is 366 g/mol. The first-order chi connectivity index (χ1) is 13.2. The number of fused-ring (bicyclic) bond motifs is 1. The van der Waals surface area contributed by atoms with Gasteiger partial charge >= 0.3 is 6.03 Å². The average molecular weight is 387 g/mol. The maximum Gasteiger partial charge on any atom is 0.325 e. The summed E-state index contributed by atoms with van der Waals surface area (Å²) in [6, 6.07) is 9.35. The first kappa shape index (κ1) is 17.7. The average Bonchev–Trinajstić information content (AvgIpc) is 3.32. The van der Waals surface area contributed by atoms with E-state index in [1.54, 1.807) is 21.1 Å². The molecule has 3 heterocycles. The molecule has 8 heteroatoms. The molecule has 1 N–H and O–H groups in total. The molecule has 27 heavy (non-hydrogen) atoms. The SMILES string of the molecule is O=C(CN1CCN(c2ccc3c(c2)OCCO3)C1=O)NCCc1cccs1. The van der Waals surface area contributed by atoms with Gasteiger partial charge in [0.25, 0.3) is 0 Å². The van der Waals surface area contributed by atoms with E-state index < -0.39 is 0 Å². The third-order valence-electron chi connectivity index (χ3n) is 4.54. The van der Waals surface area contributed by atoms with E-state index in [2.05, 4.69) is 5.32 Å². The lowest BCUT2D eigenvalue weighted by Gasteiger charge is -2.22. The predicted octanol–water partition coefficient (Wildman–Crippen LogP) is 2.12. The molecule has 2 aliphatic heterocycles. The summed E-state index contributed by atoms with van der Waals surface area (Å²) in [5.74, 6) is 1.21. The molecule has 0 bridgehead atoms. The maximum atomic E-state index is 12.7. The van der Waals surface area contributed by atoms with Crippen molar-refractivity contribution in [2.24, 2.45) is 0 Å². The van der Waals surface area contributed by atoms with Crippen molar-refractivity contribution in [3.8, 4) is 11.5 Å². The van der Waals surface area contributed by atoms with Crippen molar-refractivity contribution in [3.05, 3.63) is 40.6 Å². The molecule has 7 nitrogen and oxygen atoms in total. The number of amides is 3. The molecule has 0 unspecified atom stereocenters. The first-order valence-electron chi connectivity index (χ1n) is 8.96. The Kier molecular flexibility index (Phi) is 5.15. The predicted molar refractivity (Wildman–Crippen MR) is 103 cm³/mol. The molecule has 2 aliphatic rings. The second-order valence-electron chi connectivity index (χ2n) is 6.36. The monoisotopic (exact) mass is 387 g/mol. The number of urea groups is 1. The Hall–Kier alpha value is -2.74. The van der Waals surface area contributed by atoms with Crippen molar-refractivity contribution in [1.82, 2.24) is 10.2 Å². The molecule has 0 saturated carbocycles. The topological polar surface area (TPSA) is 71.1 Å². The van der Waals surface area contributed by atoms with Gasteiger partial charge in [0, 0.05) is 36.3 Å². The Morgan fingerprint density at radius 2 is 2.00 bits per heavy atom. The molecule has 3 amide bonds. The lowest BCUT2D eigenvalue weighted by atomic mass is 10.2. The molecule has 0 aliphatic carbocycles. The van der Waals surface area contributed by atoms with E-state index in [9.17, 15) is 9.59 Å². The summed E-state index contributed by atoms with van der Waals surface area (Å²) in [6.45, 7) is 2.75. The number of carbonyl (C=O) groups is 2. The number of thiophene rings is 1. The van der Waals surface area contributed by atoms with Gasteiger partial charge in [-0.1, -0.05) is 6.07 Å². The summed E-state index contributed by atoms with van der Waals surface area (Å²) in [5.41, 5.74) is 0.754. The van der Waals surface area contributed by atoms with Crippen LogP contribution in [-0.2, 0) is 11.2 Å². The van der Waals surface area contributed by atoms with Gasteiger partial charge in [-0.15, -0.1) is 11.3 Å². The molecule has 2 aromatic rings. The standard InChI is InChI=1S/C19H21N3O4S/c23-18(20-6-5-15-2-1-11-27-15)13-21-7-8-22(19(21)24)14-3-4-16-17(12-14)26-10-9-25-16/h1-4,11-12H,5-10,13H2,(H,20,23). The van der Waals surface area contributed by atoms with Crippen LogP contribution in [0, 0.1) is 0 Å². The van der Waals surface area contributed by atoms with Crippen LogP contribution in [0.15, 0.2) is 35.7 Å². The molecule has 0 radical (unpaired) electrons. The van der Waals surface area contributed by atoms with Gasteiger partial charge in [0.05, 0.1) is 0 Å². The van der Waals surface area contributed by atoms with Crippen molar-refractivity contribution < 1.29 is 19.1 Å². The van der Waals surface area contributed by atoms with Crippen LogP contribution in [0.25, 0.3) is 0 Å². The summed E-state index contributed by atoms with van der Waals surface area (Å²) >= 11 is 1.67. The van der Waals surface area contributed by atoms with Crippen molar-refractivity contribution in [2.45, 2.75) is 6.42 Å². The smallest absolute Gasteiger partial charge is 0.325 e. The quantitative estimate of drug-likeness (QED) is 0.824. The summed E-state index contributed by atoms with van der Waals surface area (Å²) in [5, 5.41) is 4.90. The second-order valence-corrected chi connectivity index (χ2v) is 7.40. The fourth-order valence-electron chi connectivity index (χ4n) is 3.18. The van der Waals surface area contributed by atoms with Gasteiger partial charge in [-0.3, -0.25) is 9.69 Å². The summed E-state index contributed by atoms with van der Waals surface area (Å²) in [4.78, 5) is 29.3. The van der Waals surface area contributed by atoms with E-state index in [0.717, 1.165) is 12.1 Å². The Bertz CT molecular complexity index is 824. The second kappa shape index (κ2) is 7.87. The van der Waals surface area contributed by atoms with Crippen LogP contribution in [0.1, 0.15) is 4.88 Å². The molecule has 142 valence electrons. The zero-order chi connectivity index (χ0) is 18.6. The summed E-state index contributed by atoms with van der Waals surface area (Å²) in [6.07, 6.45) is 0.806. The van der Waals surface area contributed by atoms with Gasteiger partial charge < -0.3 is 19.7 Å². The highest BCUT2D eigenvalue weighted by atomic mass is 32.1. The number of nitrogens with zero attached hydrogens (tertiary/aromatic N) is 2. The Labute approximate surface area is 161 Å². The van der Waals surface area contributed by atoms with Crippen molar-refractivity contribution in [1.29, 1.82) is 0 Å². The van der Waals surface area contributed by atoms with Crippen LogP contribution >= 0.6 is 11.3 Å². The van der Waals surface area contributed by atoms with Crippen LogP contribution in [0.2, 0.25) is 0 Å². The first-order valence-corrected chi connectivity index (χ1v) is 9.84. The minimum absolute atomic E-state index is 0.0737. The third kappa shape index (κ3) is 4.00. The van der Waals surface area contributed by atoms with E-state index in [0.29, 0.717) is 44.3 Å². The minimum Gasteiger partial charge on any atom is -0.486 e. The Morgan fingerprint density at radius 1 is 1.15 bits per heavy atom. The Balaban J connectivity index is 1.31. The highest BCUT2D eigenvalue weighted by Crippen LogP contribution is 2.34. The lowest BCUT2D eigenvalue weighted by molar-refractivity contribution is -0.121. The van der Waals surface area contributed by atoms with Gasteiger partial charge in [0.2, 0.25) is 5.91 Å². The number of anilines is 1. The van der Waals surface area contributed by atoms with E-state index in [4.69, 9.17) is 9.47 Å². The normalized spacial score (nSPS) is 15.9. The zero-order valence-electron chi connectivity index (χ0n) is 14.8. The van der Waals surface area contributed by atoms with Crippen LogP contribution in [-0.4, -0.2) is 56.2 Å². The Morgan fingerprint density at radius 3 is 2.81 bits per heavy atom. The van der Waals surface area contributed by atoms with E-state index >= 15 is 0 Å². The van der Waals surface area contributed by atoms with Crippen LogP contribution < -0.4 is 19.7 Å². The number of carbonyl (C=O) groups excluding carboxylic acids is 2. The van der Waals surface area contributed by atoms with Crippen LogP contribution in [0.3, 0.4) is 0 Å². The lowest BCUT2D eigenvalue weighted by Crippen LogP contribution is -2.40. The molecule has 1 saturated heterocycles. The largest absolute Gasteiger partial charge is 0.486 e. The fraction of sp³-hybridized carbons (Fsp3) is 0.368.